The maximum atomic E-state index is 10.8. The van der Waals surface area contributed by atoms with Gasteiger partial charge in [0.15, 0.2) is 5.82 Å². The summed E-state index contributed by atoms with van der Waals surface area (Å²) in [6.07, 6.45) is 2.73. The zero-order valence-electron chi connectivity index (χ0n) is 18.6. The van der Waals surface area contributed by atoms with E-state index in [1.807, 2.05) is 48.5 Å². The molecule has 2 heterocycles. The van der Waals surface area contributed by atoms with Crippen molar-refractivity contribution in [2.45, 2.75) is 0 Å². The molecule has 0 aliphatic rings. The number of benzene rings is 2. The van der Waals surface area contributed by atoms with Crippen molar-refractivity contribution in [3.8, 4) is 5.75 Å². The highest BCUT2D eigenvalue weighted by Gasteiger charge is 2.07. The van der Waals surface area contributed by atoms with Gasteiger partial charge in [-0.15, -0.1) is 10.2 Å². The summed E-state index contributed by atoms with van der Waals surface area (Å²) in [5.41, 5.74) is 5.87. The van der Waals surface area contributed by atoms with E-state index in [1.165, 1.54) is 12.1 Å². The number of nitrogens with one attached hydrogen (secondary N) is 2. The molecule has 174 valence electrons. The first-order valence-corrected chi connectivity index (χ1v) is 10.4. The molecule has 0 radical (unpaired) electrons. The first-order chi connectivity index (χ1) is 17.1. The second-order valence-corrected chi connectivity index (χ2v) is 7.02. The third kappa shape index (κ3) is 6.42. The smallest absolute Gasteiger partial charge is 0.287 e. The molecule has 11 nitrogen and oxygen atoms in total. The first kappa shape index (κ1) is 23.0. The number of nitro groups is 1. The topological polar surface area (TPSA) is 139 Å². The molecule has 4 rings (SSSR count). The van der Waals surface area contributed by atoms with Crippen LogP contribution in [0.25, 0.3) is 0 Å². The van der Waals surface area contributed by atoms with Gasteiger partial charge in [0.2, 0.25) is 5.84 Å². The Balaban J connectivity index is 1.47. The molecule has 0 aliphatic carbocycles. The van der Waals surface area contributed by atoms with E-state index in [0.717, 1.165) is 29.0 Å². The normalized spacial score (nSPS) is 11.3. The highest BCUT2D eigenvalue weighted by atomic mass is 16.6. The van der Waals surface area contributed by atoms with Crippen LogP contribution < -0.4 is 15.5 Å². The van der Waals surface area contributed by atoms with Crippen molar-refractivity contribution in [2.24, 2.45) is 15.3 Å². The van der Waals surface area contributed by atoms with Crippen LogP contribution in [0.4, 0.5) is 28.6 Å². The number of aromatic nitrogens is 2. The van der Waals surface area contributed by atoms with Gasteiger partial charge in [-0.25, -0.2) is 4.98 Å². The van der Waals surface area contributed by atoms with Gasteiger partial charge in [0, 0.05) is 23.6 Å². The molecular formula is C24H20N8O3. The molecule has 2 aromatic carbocycles. The summed E-state index contributed by atoms with van der Waals surface area (Å²) in [5, 5.41) is 26.6. The minimum absolute atomic E-state index is 0.130. The number of rotatable bonds is 8. The maximum absolute atomic E-state index is 10.8. The van der Waals surface area contributed by atoms with Crippen LogP contribution in [0.3, 0.4) is 0 Å². The Morgan fingerprint density at radius 3 is 2.23 bits per heavy atom. The minimum Gasteiger partial charge on any atom is -0.497 e. The fourth-order valence-corrected chi connectivity index (χ4v) is 2.86. The SMILES string of the molecule is COc1ccc(Nc2ccc(NN=C(N=Nc3ccc([N+](=O)[O-])cn3)c3ccccn3)cc2)cc1. The molecule has 0 amide bonds. The van der Waals surface area contributed by atoms with Crippen LogP contribution in [0, 0.1) is 10.1 Å². The molecule has 4 aromatic rings. The van der Waals surface area contributed by atoms with E-state index in [2.05, 4.69) is 36.0 Å². The number of hydrogen-bond acceptors (Lipinski definition) is 9. The van der Waals surface area contributed by atoms with Crippen molar-refractivity contribution in [2.75, 3.05) is 17.9 Å². The zero-order valence-corrected chi connectivity index (χ0v) is 18.6. The summed E-state index contributed by atoms with van der Waals surface area (Å²) in [6.45, 7) is 0. The Morgan fingerprint density at radius 1 is 0.914 bits per heavy atom. The van der Waals surface area contributed by atoms with Gasteiger partial charge in [0.25, 0.3) is 5.69 Å². The fraction of sp³-hybridized carbons (Fsp3) is 0.0417. The zero-order chi connectivity index (χ0) is 24.5. The standard InChI is InChI=1S/C24H20N8O3/c1-35-21-12-9-18(10-13-21)27-17-5-7-19(8-6-17)28-30-24(22-4-2-3-15-25-22)31-29-23-14-11-20(16-26-23)32(33)34/h2-16,27-28H,1H3. The molecule has 2 aromatic heterocycles. The van der Waals surface area contributed by atoms with Crippen LogP contribution in [-0.4, -0.2) is 27.8 Å². The molecule has 2 N–H and O–H groups in total. The van der Waals surface area contributed by atoms with Gasteiger partial charge >= 0.3 is 0 Å². The monoisotopic (exact) mass is 468 g/mol. The van der Waals surface area contributed by atoms with Crippen molar-refractivity contribution in [3.05, 3.63) is 107 Å². The second kappa shape index (κ2) is 11.1. The van der Waals surface area contributed by atoms with Crippen molar-refractivity contribution in [1.82, 2.24) is 9.97 Å². The van der Waals surface area contributed by atoms with Gasteiger partial charge in [0.1, 0.15) is 17.6 Å². The Kier molecular flexibility index (Phi) is 7.29. The number of ether oxygens (including phenoxy) is 1. The lowest BCUT2D eigenvalue weighted by Crippen LogP contribution is -2.03. The summed E-state index contributed by atoms with van der Waals surface area (Å²) in [6, 6.07) is 23.2. The lowest BCUT2D eigenvalue weighted by atomic mass is 10.2. The Morgan fingerprint density at radius 2 is 1.63 bits per heavy atom. The number of methoxy groups -OCH3 is 1. The third-order valence-corrected chi connectivity index (χ3v) is 4.64. The molecule has 0 saturated carbocycles. The summed E-state index contributed by atoms with van der Waals surface area (Å²) in [4.78, 5) is 18.4. The maximum Gasteiger partial charge on any atom is 0.287 e. The Labute approximate surface area is 200 Å². The average Bonchev–Trinajstić information content (AvgIpc) is 2.91. The van der Waals surface area contributed by atoms with Gasteiger partial charge in [-0.05, 0) is 66.7 Å². The van der Waals surface area contributed by atoms with Crippen LogP contribution in [0.5, 0.6) is 5.75 Å². The van der Waals surface area contributed by atoms with E-state index in [0.29, 0.717) is 5.69 Å². The highest BCUT2D eigenvalue weighted by Crippen LogP contribution is 2.21. The molecule has 0 fully saturated rings. The lowest BCUT2D eigenvalue weighted by Gasteiger charge is -2.08. The second-order valence-electron chi connectivity index (χ2n) is 7.02. The van der Waals surface area contributed by atoms with E-state index < -0.39 is 4.92 Å². The van der Waals surface area contributed by atoms with E-state index in [1.54, 1.807) is 31.5 Å². The van der Waals surface area contributed by atoms with Crippen molar-refractivity contribution >= 4 is 34.4 Å². The summed E-state index contributed by atoms with van der Waals surface area (Å²) in [7, 11) is 1.63. The molecule has 0 spiro atoms. The molecule has 0 bridgehead atoms. The van der Waals surface area contributed by atoms with Gasteiger partial charge in [-0.1, -0.05) is 6.07 Å². The predicted molar refractivity (Wildman–Crippen MR) is 133 cm³/mol. The van der Waals surface area contributed by atoms with E-state index in [4.69, 9.17) is 4.74 Å². The average molecular weight is 468 g/mol. The van der Waals surface area contributed by atoms with Gasteiger partial charge in [0.05, 0.1) is 17.7 Å². The van der Waals surface area contributed by atoms with Crippen LogP contribution in [0.2, 0.25) is 0 Å². The van der Waals surface area contributed by atoms with Gasteiger partial charge < -0.3 is 10.1 Å². The van der Waals surface area contributed by atoms with E-state index >= 15 is 0 Å². The lowest BCUT2D eigenvalue weighted by molar-refractivity contribution is -0.385. The number of pyridine rings is 2. The molecule has 35 heavy (non-hydrogen) atoms. The van der Waals surface area contributed by atoms with Crippen LogP contribution in [0.1, 0.15) is 5.69 Å². The van der Waals surface area contributed by atoms with E-state index in [-0.39, 0.29) is 17.3 Å². The third-order valence-electron chi connectivity index (χ3n) is 4.64. The number of hydrazone groups is 1. The van der Waals surface area contributed by atoms with Crippen molar-refractivity contribution < 1.29 is 9.66 Å². The predicted octanol–water partition coefficient (Wildman–Crippen LogP) is 5.69. The van der Waals surface area contributed by atoms with Crippen LogP contribution in [0.15, 0.2) is 107 Å². The van der Waals surface area contributed by atoms with Crippen molar-refractivity contribution in [1.29, 1.82) is 0 Å². The number of amidine groups is 1. The summed E-state index contributed by atoms with van der Waals surface area (Å²) < 4.78 is 5.17. The molecule has 0 aliphatic heterocycles. The van der Waals surface area contributed by atoms with E-state index in [9.17, 15) is 10.1 Å². The minimum atomic E-state index is -0.531. The largest absolute Gasteiger partial charge is 0.497 e. The van der Waals surface area contributed by atoms with Gasteiger partial charge in [-0.2, -0.15) is 5.10 Å². The molecule has 0 atom stereocenters. The molecule has 0 saturated heterocycles. The number of hydrogen-bond donors (Lipinski definition) is 2. The summed E-state index contributed by atoms with van der Waals surface area (Å²) >= 11 is 0. The number of anilines is 3. The quantitative estimate of drug-likeness (QED) is 0.111. The Bertz CT molecular complexity index is 1320. The number of nitrogens with zero attached hydrogens (tertiary/aromatic N) is 6. The molecule has 0 unspecified atom stereocenters. The molecular weight excluding hydrogens is 448 g/mol. The molecule has 11 heteroatoms. The fourth-order valence-electron chi connectivity index (χ4n) is 2.86. The number of azo groups is 1. The van der Waals surface area contributed by atoms with Crippen LogP contribution in [-0.2, 0) is 0 Å². The summed E-state index contributed by atoms with van der Waals surface area (Å²) in [5.74, 6) is 1.21. The van der Waals surface area contributed by atoms with Crippen LogP contribution >= 0.6 is 0 Å². The van der Waals surface area contributed by atoms with Crippen molar-refractivity contribution in [3.63, 3.8) is 0 Å². The Hall–Kier alpha value is -5.19. The first-order valence-electron chi connectivity index (χ1n) is 10.4. The highest BCUT2D eigenvalue weighted by molar-refractivity contribution is 5.97. The van der Waals surface area contributed by atoms with Gasteiger partial charge in [-0.3, -0.25) is 20.5 Å².